The van der Waals surface area contributed by atoms with Gasteiger partial charge in [0.15, 0.2) is 5.16 Å². The normalized spacial score (nSPS) is 12.1. The monoisotopic (exact) mass is 395 g/mol. The zero-order chi connectivity index (χ0) is 19.9. The number of aromatic nitrogens is 2. The number of nitrogens with zero attached hydrogens (tertiary/aromatic N) is 2. The maximum absolute atomic E-state index is 12.9. The van der Waals surface area contributed by atoms with Gasteiger partial charge in [-0.15, -0.1) is 0 Å². The highest BCUT2D eigenvalue weighted by Gasteiger charge is 2.19. The number of rotatable bonds is 8. The quantitative estimate of drug-likeness (QED) is 0.463. The third-order valence-electron chi connectivity index (χ3n) is 4.52. The van der Waals surface area contributed by atoms with Gasteiger partial charge in [-0.25, -0.2) is 4.98 Å². The lowest BCUT2D eigenvalue weighted by Gasteiger charge is -2.16. The number of nitrogens with one attached hydrogen (secondary N) is 1. The lowest BCUT2D eigenvalue weighted by atomic mass is 10.2. The summed E-state index contributed by atoms with van der Waals surface area (Å²) in [4.78, 5) is 30.1. The molecule has 1 N–H and O–H groups in total. The van der Waals surface area contributed by atoms with E-state index < -0.39 is 0 Å². The van der Waals surface area contributed by atoms with Crippen molar-refractivity contribution < 1.29 is 4.79 Å². The Morgan fingerprint density at radius 1 is 1.14 bits per heavy atom. The first-order chi connectivity index (χ1) is 13.6. The molecule has 2 aromatic carbocycles. The molecular formula is C22H25N3O2S. The van der Waals surface area contributed by atoms with Crippen LogP contribution in [-0.4, -0.2) is 20.7 Å². The molecule has 0 bridgehead atoms. The molecule has 0 aliphatic heterocycles. The highest BCUT2D eigenvalue weighted by atomic mass is 32.2. The Bertz CT molecular complexity index is 1000. The van der Waals surface area contributed by atoms with Gasteiger partial charge in [0.25, 0.3) is 5.56 Å². The molecular weight excluding hydrogens is 370 g/mol. The molecule has 28 heavy (non-hydrogen) atoms. The van der Waals surface area contributed by atoms with Crippen LogP contribution in [0, 0.1) is 0 Å². The second kappa shape index (κ2) is 9.55. The zero-order valence-corrected chi connectivity index (χ0v) is 17.0. The minimum atomic E-state index is -0.357. The van der Waals surface area contributed by atoms with Crippen molar-refractivity contribution in [1.29, 1.82) is 0 Å². The number of benzene rings is 2. The summed E-state index contributed by atoms with van der Waals surface area (Å²) >= 11 is 1.33. The number of amides is 1. The first-order valence-corrected chi connectivity index (χ1v) is 10.5. The predicted molar refractivity (Wildman–Crippen MR) is 115 cm³/mol. The van der Waals surface area contributed by atoms with Gasteiger partial charge in [0.2, 0.25) is 5.91 Å². The standard InChI is InChI=1S/C22H25N3O2S/c1-3-4-14-25-21(27)18-12-8-9-13-19(18)24-22(25)28-16(2)20(26)23-15-17-10-6-5-7-11-17/h5-13,16H,3-4,14-15H2,1-2H3,(H,23,26). The predicted octanol–water partition coefficient (Wildman–Crippen LogP) is 3.99. The third kappa shape index (κ3) is 4.81. The van der Waals surface area contributed by atoms with Crippen molar-refractivity contribution in [2.24, 2.45) is 0 Å². The van der Waals surface area contributed by atoms with E-state index in [1.54, 1.807) is 10.6 Å². The van der Waals surface area contributed by atoms with Crippen LogP contribution in [0.3, 0.4) is 0 Å². The van der Waals surface area contributed by atoms with E-state index in [0.29, 0.717) is 29.1 Å². The summed E-state index contributed by atoms with van der Waals surface area (Å²) < 4.78 is 1.71. The summed E-state index contributed by atoms with van der Waals surface area (Å²) in [6.07, 6.45) is 1.87. The smallest absolute Gasteiger partial charge is 0.262 e. The molecule has 3 rings (SSSR count). The third-order valence-corrected chi connectivity index (χ3v) is 5.61. The number of carbonyl (C=O) groups excluding carboxylic acids is 1. The molecule has 1 atom stereocenters. The van der Waals surface area contributed by atoms with Gasteiger partial charge in [0, 0.05) is 13.1 Å². The average Bonchev–Trinajstić information content (AvgIpc) is 2.72. The first kappa shape index (κ1) is 20.1. The number of hydrogen-bond donors (Lipinski definition) is 1. The van der Waals surface area contributed by atoms with Crippen LogP contribution in [0.1, 0.15) is 32.3 Å². The maximum atomic E-state index is 12.9. The van der Waals surface area contributed by atoms with E-state index in [4.69, 9.17) is 0 Å². The lowest BCUT2D eigenvalue weighted by Crippen LogP contribution is -2.31. The molecule has 6 heteroatoms. The van der Waals surface area contributed by atoms with Crippen molar-refractivity contribution in [3.63, 3.8) is 0 Å². The molecule has 1 unspecified atom stereocenters. The largest absolute Gasteiger partial charge is 0.351 e. The van der Waals surface area contributed by atoms with Crippen molar-refractivity contribution >= 4 is 28.6 Å². The van der Waals surface area contributed by atoms with Crippen molar-refractivity contribution in [2.45, 2.75) is 50.2 Å². The number of carbonyl (C=O) groups is 1. The van der Waals surface area contributed by atoms with E-state index in [0.717, 1.165) is 18.4 Å². The molecule has 1 heterocycles. The van der Waals surface area contributed by atoms with Gasteiger partial charge in [-0.3, -0.25) is 14.2 Å². The summed E-state index contributed by atoms with van der Waals surface area (Å²) in [5.74, 6) is -0.0710. The summed E-state index contributed by atoms with van der Waals surface area (Å²) in [5.41, 5.74) is 1.68. The van der Waals surface area contributed by atoms with Crippen LogP contribution >= 0.6 is 11.8 Å². The second-order valence-corrected chi connectivity index (χ2v) is 7.99. The average molecular weight is 396 g/mol. The Labute approximate surface area is 169 Å². The van der Waals surface area contributed by atoms with Crippen molar-refractivity contribution in [2.75, 3.05) is 0 Å². The van der Waals surface area contributed by atoms with Gasteiger partial charge in [-0.05, 0) is 31.0 Å². The van der Waals surface area contributed by atoms with Crippen molar-refractivity contribution in [1.82, 2.24) is 14.9 Å². The molecule has 0 radical (unpaired) electrons. The highest BCUT2D eigenvalue weighted by molar-refractivity contribution is 8.00. The van der Waals surface area contributed by atoms with Crippen LogP contribution in [0.2, 0.25) is 0 Å². The van der Waals surface area contributed by atoms with Gasteiger partial charge in [-0.1, -0.05) is 67.6 Å². The number of fused-ring (bicyclic) bond motifs is 1. The Morgan fingerprint density at radius 3 is 2.61 bits per heavy atom. The van der Waals surface area contributed by atoms with E-state index in [-0.39, 0.29) is 16.7 Å². The van der Waals surface area contributed by atoms with Crippen LogP contribution in [0.25, 0.3) is 10.9 Å². The Balaban J connectivity index is 1.79. The molecule has 0 spiro atoms. The molecule has 3 aromatic rings. The Kier molecular flexibility index (Phi) is 6.87. The number of unbranched alkanes of at least 4 members (excludes halogenated alkanes) is 1. The van der Waals surface area contributed by atoms with E-state index in [2.05, 4.69) is 17.2 Å². The zero-order valence-electron chi connectivity index (χ0n) is 16.2. The van der Waals surface area contributed by atoms with Crippen LogP contribution in [0.4, 0.5) is 0 Å². The molecule has 1 amide bonds. The minimum Gasteiger partial charge on any atom is -0.351 e. The first-order valence-electron chi connectivity index (χ1n) is 9.58. The highest BCUT2D eigenvalue weighted by Crippen LogP contribution is 2.23. The summed E-state index contributed by atoms with van der Waals surface area (Å²) in [6.45, 7) is 5.02. The minimum absolute atomic E-state index is 0.0431. The molecule has 1 aromatic heterocycles. The van der Waals surface area contributed by atoms with Gasteiger partial charge in [0.1, 0.15) is 0 Å². The van der Waals surface area contributed by atoms with E-state index in [9.17, 15) is 9.59 Å². The maximum Gasteiger partial charge on any atom is 0.262 e. The fourth-order valence-corrected chi connectivity index (χ4v) is 3.85. The SMILES string of the molecule is CCCCn1c(SC(C)C(=O)NCc2ccccc2)nc2ccccc2c1=O. The van der Waals surface area contributed by atoms with Crippen LogP contribution in [-0.2, 0) is 17.9 Å². The number of thioether (sulfide) groups is 1. The van der Waals surface area contributed by atoms with E-state index in [1.165, 1.54) is 11.8 Å². The molecule has 0 fully saturated rings. The molecule has 0 saturated carbocycles. The summed E-state index contributed by atoms with van der Waals surface area (Å²) in [6, 6.07) is 17.2. The van der Waals surface area contributed by atoms with Gasteiger partial charge in [0.05, 0.1) is 16.2 Å². The van der Waals surface area contributed by atoms with Crippen LogP contribution in [0.15, 0.2) is 64.5 Å². The van der Waals surface area contributed by atoms with E-state index in [1.807, 2.05) is 55.5 Å². The van der Waals surface area contributed by atoms with Crippen LogP contribution < -0.4 is 10.9 Å². The summed E-state index contributed by atoms with van der Waals surface area (Å²) in [7, 11) is 0. The molecule has 0 aliphatic rings. The Morgan fingerprint density at radius 2 is 1.86 bits per heavy atom. The van der Waals surface area contributed by atoms with E-state index >= 15 is 0 Å². The fraction of sp³-hybridized carbons (Fsp3) is 0.318. The molecule has 146 valence electrons. The second-order valence-electron chi connectivity index (χ2n) is 6.69. The topological polar surface area (TPSA) is 64.0 Å². The molecule has 0 aliphatic carbocycles. The summed E-state index contributed by atoms with van der Waals surface area (Å²) in [5, 5.41) is 3.81. The van der Waals surface area contributed by atoms with Gasteiger partial charge < -0.3 is 5.32 Å². The fourth-order valence-electron chi connectivity index (χ4n) is 2.89. The van der Waals surface area contributed by atoms with Crippen LogP contribution in [0.5, 0.6) is 0 Å². The lowest BCUT2D eigenvalue weighted by molar-refractivity contribution is -0.120. The Hall–Kier alpha value is -2.60. The molecule has 5 nitrogen and oxygen atoms in total. The molecule has 0 saturated heterocycles. The van der Waals surface area contributed by atoms with Gasteiger partial charge >= 0.3 is 0 Å². The van der Waals surface area contributed by atoms with Gasteiger partial charge in [-0.2, -0.15) is 0 Å². The van der Waals surface area contributed by atoms with Crippen molar-refractivity contribution in [3.05, 3.63) is 70.5 Å². The number of para-hydroxylation sites is 1. The van der Waals surface area contributed by atoms with Crippen molar-refractivity contribution in [3.8, 4) is 0 Å². The number of hydrogen-bond acceptors (Lipinski definition) is 4.